The van der Waals surface area contributed by atoms with Gasteiger partial charge in [0.15, 0.2) is 5.71 Å². The second kappa shape index (κ2) is 4.50. The zero-order valence-electron chi connectivity index (χ0n) is 10.9. The van der Waals surface area contributed by atoms with Gasteiger partial charge in [-0.3, -0.25) is 0 Å². The van der Waals surface area contributed by atoms with Crippen LogP contribution >= 0.6 is 11.8 Å². The Morgan fingerprint density at radius 1 is 1.39 bits per heavy atom. The van der Waals surface area contributed by atoms with E-state index in [9.17, 15) is 0 Å². The molecule has 1 aromatic rings. The van der Waals surface area contributed by atoms with Gasteiger partial charge in [-0.05, 0) is 24.6 Å². The lowest BCUT2D eigenvalue weighted by atomic mass is 9.92. The van der Waals surface area contributed by atoms with Crippen molar-refractivity contribution in [2.24, 2.45) is 0 Å². The molecule has 1 aliphatic heterocycles. The maximum absolute atomic E-state index is 5.87. The standard InChI is InChI=1S/C14H20N3S/c1-17(2)10-4-6-12-14(8-10)18-13-7-9(15)3-5-11(13)16-12/h3,5,7,12,14,16H,4,6,8,15H2,1-2H3/q+1. The first-order chi connectivity index (χ1) is 8.63. The van der Waals surface area contributed by atoms with Gasteiger partial charge in [0, 0.05) is 40.4 Å². The maximum atomic E-state index is 5.87. The van der Waals surface area contributed by atoms with Crippen LogP contribution in [0.3, 0.4) is 0 Å². The van der Waals surface area contributed by atoms with Crippen LogP contribution in [0.5, 0.6) is 0 Å². The fourth-order valence-corrected chi connectivity index (χ4v) is 4.23. The van der Waals surface area contributed by atoms with E-state index in [0.29, 0.717) is 11.3 Å². The molecule has 18 heavy (non-hydrogen) atoms. The summed E-state index contributed by atoms with van der Waals surface area (Å²) in [5, 5.41) is 4.32. The van der Waals surface area contributed by atoms with Crippen molar-refractivity contribution in [1.82, 2.24) is 0 Å². The molecule has 0 bridgehead atoms. The summed E-state index contributed by atoms with van der Waals surface area (Å²) >= 11 is 1.99. The molecule has 2 aliphatic rings. The minimum Gasteiger partial charge on any atom is -0.399 e. The monoisotopic (exact) mass is 262 g/mol. The number of hydrogen-bond donors (Lipinski definition) is 2. The number of hydrogen-bond acceptors (Lipinski definition) is 3. The van der Waals surface area contributed by atoms with E-state index in [2.05, 4.69) is 36.1 Å². The summed E-state index contributed by atoms with van der Waals surface area (Å²) < 4.78 is 2.28. The fraction of sp³-hybridized carbons (Fsp3) is 0.500. The normalized spacial score (nSPS) is 26.0. The highest BCUT2D eigenvalue weighted by atomic mass is 32.2. The van der Waals surface area contributed by atoms with E-state index in [4.69, 9.17) is 5.73 Å². The summed E-state index contributed by atoms with van der Waals surface area (Å²) in [7, 11) is 4.31. The molecule has 2 unspecified atom stereocenters. The van der Waals surface area contributed by atoms with Gasteiger partial charge in [-0.2, -0.15) is 0 Å². The molecule has 3 N–H and O–H groups in total. The van der Waals surface area contributed by atoms with E-state index < -0.39 is 0 Å². The molecule has 1 aliphatic carbocycles. The summed E-state index contributed by atoms with van der Waals surface area (Å²) in [6, 6.07) is 6.79. The molecule has 1 aromatic carbocycles. The van der Waals surface area contributed by atoms with E-state index in [1.54, 1.807) is 5.71 Å². The first-order valence-corrected chi connectivity index (χ1v) is 7.36. The van der Waals surface area contributed by atoms with Crippen molar-refractivity contribution in [3.63, 3.8) is 0 Å². The Morgan fingerprint density at radius 3 is 3.00 bits per heavy atom. The maximum Gasteiger partial charge on any atom is 0.153 e. The Morgan fingerprint density at radius 2 is 2.22 bits per heavy atom. The van der Waals surface area contributed by atoms with Crippen LogP contribution in [0.15, 0.2) is 23.1 Å². The number of rotatable bonds is 0. The zero-order valence-corrected chi connectivity index (χ0v) is 11.8. The number of nitrogens with two attached hydrogens (primary N) is 1. The van der Waals surface area contributed by atoms with Gasteiger partial charge in [0.05, 0.1) is 0 Å². The fourth-order valence-electron chi connectivity index (χ4n) is 2.80. The van der Waals surface area contributed by atoms with Crippen LogP contribution in [0.4, 0.5) is 11.4 Å². The summed E-state index contributed by atoms with van der Waals surface area (Å²) in [4.78, 5) is 1.30. The van der Waals surface area contributed by atoms with Gasteiger partial charge >= 0.3 is 0 Å². The molecular weight excluding hydrogens is 242 g/mol. The molecule has 3 nitrogen and oxygen atoms in total. The van der Waals surface area contributed by atoms with Crippen LogP contribution in [0, 0.1) is 0 Å². The minimum atomic E-state index is 0.606. The van der Waals surface area contributed by atoms with Crippen molar-refractivity contribution in [3.8, 4) is 0 Å². The van der Waals surface area contributed by atoms with E-state index in [1.807, 2.05) is 17.8 Å². The van der Waals surface area contributed by atoms with Gasteiger partial charge in [-0.1, -0.05) is 0 Å². The molecule has 0 radical (unpaired) electrons. The number of benzene rings is 1. The van der Waals surface area contributed by atoms with Crippen LogP contribution in [0.25, 0.3) is 0 Å². The Hall–Kier alpha value is -1.16. The van der Waals surface area contributed by atoms with Crippen molar-refractivity contribution in [2.75, 3.05) is 25.1 Å². The van der Waals surface area contributed by atoms with Gasteiger partial charge in [-0.25, -0.2) is 4.58 Å². The Bertz CT molecular complexity index is 506. The molecule has 4 heteroatoms. The van der Waals surface area contributed by atoms with Gasteiger partial charge in [0.2, 0.25) is 0 Å². The molecule has 0 spiro atoms. The number of nitrogens with one attached hydrogen (secondary N) is 1. The first kappa shape index (κ1) is 11.9. The number of anilines is 2. The Labute approximate surface area is 112 Å². The summed E-state index contributed by atoms with van der Waals surface area (Å²) in [6.45, 7) is 0. The molecule has 0 amide bonds. The minimum absolute atomic E-state index is 0.606. The van der Waals surface area contributed by atoms with Crippen molar-refractivity contribution in [2.45, 2.75) is 35.4 Å². The van der Waals surface area contributed by atoms with Gasteiger partial charge in [-0.15, -0.1) is 11.8 Å². The quantitative estimate of drug-likeness (QED) is 0.557. The second-order valence-electron chi connectivity index (χ2n) is 5.37. The van der Waals surface area contributed by atoms with Crippen molar-refractivity contribution < 1.29 is 4.58 Å². The van der Waals surface area contributed by atoms with E-state index in [-0.39, 0.29) is 0 Å². The third kappa shape index (κ3) is 2.09. The second-order valence-corrected chi connectivity index (χ2v) is 6.65. The first-order valence-electron chi connectivity index (χ1n) is 6.48. The predicted molar refractivity (Wildman–Crippen MR) is 78.9 cm³/mol. The lowest BCUT2D eigenvalue weighted by Crippen LogP contribution is -2.41. The molecule has 1 fully saturated rings. The molecule has 0 aromatic heterocycles. The molecule has 3 rings (SSSR count). The largest absolute Gasteiger partial charge is 0.399 e. The lowest BCUT2D eigenvalue weighted by Gasteiger charge is -2.37. The van der Waals surface area contributed by atoms with Gasteiger partial charge in [0.25, 0.3) is 0 Å². The predicted octanol–water partition coefficient (Wildman–Crippen LogP) is 2.42. The summed E-state index contributed by atoms with van der Waals surface area (Å²) in [6.07, 6.45) is 3.63. The van der Waals surface area contributed by atoms with Crippen LogP contribution in [-0.4, -0.2) is 35.7 Å². The Kier molecular flexibility index (Phi) is 2.98. The summed E-state index contributed by atoms with van der Waals surface area (Å²) in [5.41, 5.74) is 9.55. The molecule has 2 atom stereocenters. The smallest absolute Gasteiger partial charge is 0.153 e. The van der Waals surface area contributed by atoms with E-state index in [0.717, 1.165) is 5.69 Å². The molecule has 1 heterocycles. The highest BCUT2D eigenvalue weighted by Gasteiger charge is 2.35. The van der Waals surface area contributed by atoms with Crippen LogP contribution in [0.2, 0.25) is 0 Å². The Balaban J connectivity index is 1.87. The highest BCUT2D eigenvalue weighted by molar-refractivity contribution is 8.00. The number of nitrogen functional groups attached to an aromatic ring is 1. The van der Waals surface area contributed by atoms with Gasteiger partial charge in [0.1, 0.15) is 14.1 Å². The van der Waals surface area contributed by atoms with Crippen molar-refractivity contribution in [1.29, 1.82) is 0 Å². The zero-order chi connectivity index (χ0) is 12.7. The number of nitrogens with zero attached hydrogens (tertiary/aromatic N) is 1. The number of thioether (sulfide) groups is 1. The average Bonchev–Trinajstić information content (AvgIpc) is 2.35. The summed E-state index contributed by atoms with van der Waals surface area (Å²) in [5.74, 6) is 0. The van der Waals surface area contributed by atoms with Crippen LogP contribution < -0.4 is 11.1 Å². The van der Waals surface area contributed by atoms with E-state index in [1.165, 1.54) is 29.8 Å². The molecular formula is C14H20N3S+. The van der Waals surface area contributed by atoms with Crippen molar-refractivity contribution in [3.05, 3.63) is 18.2 Å². The highest BCUT2D eigenvalue weighted by Crippen LogP contribution is 2.43. The van der Waals surface area contributed by atoms with Crippen LogP contribution in [0.1, 0.15) is 19.3 Å². The lowest BCUT2D eigenvalue weighted by molar-refractivity contribution is -0.467. The molecule has 0 saturated heterocycles. The number of fused-ring (bicyclic) bond motifs is 2. The topological polar surface area (TPSA) is 41.1 Å². The average molecular weight is 262 g/mol. The van der Waals surface area contributed by atoms with Crippen molar-refractivity contribution >= 4 is 28.8 Å². The van der Waals surface area contributed by atoms with Crippen LogP contribution in [-0.2, 0) is 0 Å². The third-order valence-electron chi connectivity index (χ3n) is 3.89. The third-order valence-corrected chi connectivity index (χ3v) is 5.28. The SMILES string of the molecule is C[N+](C)=C1CCC2Nc3ccc(N)cc3SC2C1. The molecule has 96 valence electrons. The van der Waals surface area contributed by atoms with Gasteiger partial charge < -0.3 is 11.1 Å². The molecule has 1 saturated carbocycles. The van der Waals surface area contributed by atoms with E-state index >= 15 is 0 Å².